The zero-order valence-electron chi connectivity index (χ0n) is 31.2. The Labute approximate surface area is 338 Å². The maximum atomic E-state index is 6.49. The Kier molecular flexibility index (Phi) is 7.40. The predicted octanol–water partition coefficient (Wildman–Crippen LogP) is 16.3. The second-order valence-corrected chi connectivity index (χ2v) is 16.0. The van der Waals surface area contributed by atoms with Gasteiger partial charge < -0.3 is 13.7 Å². The monoisotopic (exact) mass is 759 g/mol. The van der Waals surface area contributed by atoms with Crippen molar-refractivity contribution in [2.75, 3.05) is 4.90 Å². The smallest absolute Gasteiger partial charge is 0.143 e. The summed E-state index contributed by atoms with van der Waals surface area (Å²) in [6, 6.07) is 71.6. The summed E-state index contributed by atoms with van der Waals surface area (Å²) in [5.41, 5.74) is 13.8. The molecule has 3 aromatic heterocycles. The quantitative estimate of drug-likeness (QED) is 0.169. The topological polar surface area (TPSA) is 29.5 Å². The van der Waals surface area contributed by atoms with E-state index in [-0.39, 0.29) is 0 Å². The third-order valence-electron chi connectivity index (χ3n) is 11.5. The van der Waals surface area contributed by atoms with Crippen molar-refractivity contribution >= 4 is 92.4 Å². The van der Waals surface area contributed by atoms with E-state index in [1.807, 2.05) is 29.5 Å². The Bertz CT molecular complexity index is 3500. The molecule has 4 heteroatoms. The number of hydrogen-bond acceptors (Lipinski definition) is 4. The fourth-order valence-corrected chi connectivity index (χ4v) is 9.72. The summed E-state index contributed by atoms with van der Waals surface area (Å²) in [5, 5.41) is 7.07. The predicted molar refractivity (Wildman–Crippen MR) is 245 cm³/mol. The summed E-state index contributed by atoms with van der Waals surface area (Å²) >= 11 is 1.84. The van der Waals surface area contributed by atoms with Crippen LogP contribution in [0.3, 0.4) is 0 Å². The Morgan fingerprint density at radius 2 is 0.862 bits per heavy atom. The highest BCUT2D eigenvalue weighted by Gasteiger charge is 2.17. The Morgan fingerprint density at radius 1 is 0.310 bits per heavy atom. The standard InChI is InChI=1S/C54H33NO2S/c1-2-9-36(10-3-1)42-13-8-14-45-47-32-38(22-29-51(47)57-54(42)45)35-19-25-40(26-20-35)55(41-27-30-53-48(33-41)44-12-5-7-16-52(44)58-53)39-23-17-34(18-24-39)37-21-28-50-46(31-37)43-11-4-6-15-49(43)56-50/h1-33H. The van der Waals surface area contributed by atoms with Crippen LogP contribution in [0.5, 0.6) is 0 Å². The summed E-state index contributed by atoms with van der Waals surface area (Å²) in [7, 11) is 0. The molecule has 0 fully saturated rings. The van der Waals surface area contributed by atoms with Gasteiger partial charge in [0.05, 0.1) is 0 Å². The Morgan fingerprint density at radius 3 is 1.60 bits per heavy atom. The zero-order chi connectivity index (χ0) is 38.2. The molecule has 0 atom stereocenters. The van der Waals surface area contributed by atoms with Gasteiger partial charge in [-0.15, -0.1) is 11.3 Å². The van der Waals surface area contributed by atoms with Crippen molar-refractivity contribution in [2.45, 2.75) is 0 Å². The zero-order valence-corrected chi connectivity index (χ0v) is 32.0. The molecule has 0 spiro atoms. The molecular weight excluding hydrogens is 727 g/mol. The maximum Gasteiger partial charge on any atom is 0.143 e. The van der Waals surface area contributed by atoms with E-state index in [1.165, 1.54) is 20.2 Å². The molecule has 12 rings (SSSR count). The minimum atomic E-state index is 0.891. The minimum absolute atomic E-state index is 0.891. The lowest BCUT2D eigenvalue weighted by molar-refractivity contribution is 0.669. The van der Waals surface area contributed by atoms with E-state index in [0.29, 0.717) is 0 Å². The molecule has 9 aromatic carbocycles. The maximum absolute atomic E-state index is 6.49. The average molecular weight is 760 g/mol. The van der Waals surface area contributed by atoms with Crippen molar-refractivity contribution in [3.63, 3.8) is 0 Å². The van der Waals surface area contributed by atoms with Crippen LogP contribution in [0.1, 0.15) is 0 Å². The number of benzene rings is 9. The van der Waals surface area contributed by atoms with Gasteiger partial charge in [-0.3, -0.25) is 0 Å². The van der Waals surface area contributed by atoms with Crippen molar-refractivity contribution < 1.29 is 8.83 Å². The average Bonchev–Trinajstić information content (AvgIpc) is 3.98. The van der Waals surface area contributed by atoms with Gasteiger partial charge in [0.15, 0.2) is 0 Å². The van der Waals surface area contributed by atoms with E-state index in [2.05, 4.69) is 187 Å². The number of thiophene rings is 1. The second kappa shape index (κ2) is 13.1. The molecule has 3 nitrogen and oxygen atoms in total. The van der Waals surface area contributed by atoms with E-state index in [4.69, 9.17) is 8.83 Å². The molecule has 0 aliphatic heterocycles. The number of anilines is 3. The van der Waals surface area contributed by atoms with E-state index in [1.54, 1.807) is 0 Å². The summed E-state index contributed by atoms with van der Waals surface area (Å²) in [6.07, 6.45) is 0. The van der Waals surface area contributed by atoms with Gasteiger partial charge in [0.2, 0.25) is 0 Å². The number of furan rings is 2. The van der Waals surface area contributed by atoms with Crippen LogP contribution in [-0.2, 0) is 0 Å². The second-order valence-electron chi connectivity index (χ2n) is 14.9. The Hall–Kier alpha value is -7.40. The highest BCUT2D eigenvalue weighted by molar-refractivity contribution is 7.25. The molecule has 3 heterocycles. The van der Waals surface area contributed by atoms with Gasteiger partial charge in [-0.25, -0.2) is 0 Å². The minimum Gasteiger partial charge on any atom is -0.456 e. The Balaban J connectivity index is 0.940. The number of rotatable bonds is 6. The largest absolute Gasteiger partial charge is 0.456 e. The van der Waals surface area contributed by atoms with Gasteiger partial charge in [-0.05, 0) is 107 Å². The molecule has 12 aromatic rings. The SMILES string of the molecule is c1ccc(-c2cccc3c2oc2ccc(-c4ccc(N(c5ccc(-c6ccc7oc8ccccc8c7c6)cc5)c5ccc6sc7ccccc7c6c5)cc4)cc23)cc1. The van der Waals surface area contributed by atoms with E-state index in [9.17, 15) is 0 Å². The van der Waals surface area contributed by atoms with Crippen LogP contribution in [0, 0.1) is 0 Å². The molecule has 0 radical (unpaired) electrons. The van der Waals surface area contributed by atoms with Gasteiger partial charge in [0.1, 0.15) is 22.3 Å². The first kappa shape index (κ1) is 32.8. The molecule has 0 unspecified atom stereocenters. The summed E-state index contributed by atoms with van der Waals surface area (Å²) in [5.74, 6) is 0. The number of nitrogens with zero attached hydrogens (tertiary/aromatic N) is 1. The fourth-order valence-electron chi connectivity index (χ4n) is 8.63. The lowest BCUT2D eigenvalue weighted by Crippen LogP contribution is -2.09. The van der Waals surface area contributed by atoms with Gasteiger partial charge in [0.25, 0.3) is 0 Å². The number of fused-ring (bicyclic) bond motifs is 9. The molecular formula is C54H33NO2S. The van der Waals surface area contributed by atoms with Crippen LogP contribution in [-0.4, -0.2) is 0 Å². The first-order valence-corrected chi connectivity index (χ1v) is 20.4. The van der Waals surface area contributed by atoms with E-state index in [0.717, 1.165) is 94.3 Å². The summed E-state index contributed by atoms with van der Waals surface area (Å²) in [4.78, 5) is 2.37. The molecule has 0 saturated carbocycles. The molecule has 0 bridgehead atoms. The summed E-state index contributed by atoms with van der Waals surface area (Å²) in [6.45, 7) is 0. The molecule has 0 N–H and O–H groups in total. The van der Waals surface area contributed by atoms with Gasteiger partial charge >= 0.3 is 0 Å². The molecule has 58 heavy (non-hydrogen) atoms. The molecule has 0 aliphatic carbocycles. The van der Waals surface area contributed by atoms with Crippen molar-refractivity contribution in [2.24, 2.45) is 0 Å². The van der Waals surface area contributed by atoms with Crippen LogP contribution in [0.15, 0.2) is 209 Å². The molecule has 0 amide bonds. The van der Waals surface area contributed by atoms with Crippen LogP contribution in [0.25, 0.3) is 97.4 Å². The highest BCUT2D eigenvalue weighted by Crippen LogP contribution is 2.43. The van der Waals surface area contributed by atoms with E-state index >= 15 is 0 Å². The van der Waals surface area contributed by atoms with Crippen molar-refractivity contribution in [3.05, 3.63) is 200 Å². The van der Waals surface area contributed by atoms with Crippen LogP contribution in [0.2, 0.25) is 0 Å². The van der Waals surface area contributed by atoms with Crippen LogP contribution in [0.4, 0.5) is 17.1 Å². The van der Waals surface area contributed by atoms with Crippen LogP contribution >= 0.6 is 11.3 Å². The van der Waals surface area contributed by atoms with Gasteiger partial charge in [-0.2, -0.15) is 0 Å². The third-order valence-corrected chi connectivity index (χ3v) is 12.6. The normalized spacial score (nSPS) is 11.8. The van der Waals surface area contributed by atoms with Gasteiger partial charge in [-0.1, -0.05) is 121 Å². The molecule has 0 aliphatic rings. The number of hydrogen-bond donors (Lipinski definition) is 0. The lowest BCUT2D eigenvalue weighted by atomic mass is 10.00. The van der Waals surface area contributed by atoms with Crippen molar-refractivity contribution in [1.29, 1.82) is 0 Å². The first-order valence-electron chi connectivity index (χ1n) is 19.6. The lowest BCUT2D eigenvalue weighted by Gasteiger charge is -2.26. The third kappa shape index (κ3) is 5.34. The van der Waals surface area contributed by atoms with Crippen molar-refractivity contribution in [1.82, 2.24) is 0 Å². The van der Waals surface area contributed by atoms with Crippen molar-refractivity contribution in [3.8, 4) is 33.4 Å². The highest BCUT2D eigenvalue weighted by atomic mass is 32.1. The molecule has 272 valence electrons. The van der Waals surface area contributed by atoms with Gasteiger partial charge in [0, 0.05) is 64.3 Å². The summed E-state index contributed by atoms with van der Waals surface area (Å²) < 4.78 is 15.2. The molecule has 0 saturated heterocycles. The fraction of sp³-hybridized carbons (Fsp3) is 0. The number of para-hydroxylation sites is 2. The first-order chi connectivity index (χ1) is 28.7. The van der Waals surface area contributed by atoms with Crippen LogP contribution < -0.4 is 4.90 Å². The van der Waals surface area contributed by atoms with E-state index < -0.39 is 0 Å².